The summed E-state index contributed by atoms with van der Waals surface area (Å²) < 4.78 is 9.65. The van der Waals surface area contributed by atoms with Gasteiger partial charge in [0.05, 0.1) is 6.54 Å². The van der Waals surface area contributed by atoms with Crippen LogP contribution in [0.25, 0.3) is 11.2 Å². The van der Waals surface area contributed by atoms with Crippen LogP contribution in [0.1, 0.15) is 18.9 Å². The Balaban J connectivity index is 1.92. The molecule has 0 aliphatic rings. The first-order valence-corrected chi connectivity index (χ1v) is 9.61. The molecule has 0 saturated heterocycles. The van der Waals surface area contributed by atoms with Gasteiger partial charge in [-0.15, -0.1) is 0 Å². The van der Waals surface area contributed by atoms with E-state index in [1.807, 2.05) is 38.1 Å². The fourth-order valence-corrected chi connectivity index (χ4v) is 3.09. The molecule has 1 atom stereocenters. The van der Waals surface area contributed by atoms with Crippen LogP contribution in [0.4, 0.5) is 5.95 Å². The van der Waals surface area contributed by atoms with E-state index in [1.54, 1.807) is 11.6 Å². The first-order chi connectivity index (χ1) is 13.8. The van der Waals surface area contributed by atoms with Gasteiger partial charge in [-0.1, -0.05) is 24.6 Å². The normalized spacial score (nSPS) is 12.3. The van der Waals surface area contributed by atoms with Crippen molar-refractivity contribution in [2.24, 2.45) is 14.1 Å². The van der Waals surface area contributed by atoms with E-state index in [1.165, 1.54) is 11.6 Å². The van der Waals surface area contributed by atoms with Crippen molar-refractivity contribution in [3.8, 4) is 5.75 Å². The second-order valence-electron chi connectivity index (χ2n) is 7.13. The molecule has 9 heteroatoms. The van der Waals surface area contributed by atoms with E-state index in [2.05, 4.69) is 10.3 Å². The quantitative estimate of drug-likeness (QED) is 0.584. The summed E-state index contributed by atoms with van der Waals surface area (Å²) in [6.07, 6.45) is -0.0167. The number of hydrogen-bond acceptors (Lipinski definition) is 6. The average molecular weight is 401 g/mol. The van der Waals surface area contributed by atoms with E-state index in [9.17, 15) is 14.7 Å². The fraction of sp³-hybridized carbons (Fsp3) is 0.450. The highest BCUT2D eigenvalue weighted by molar-refractivity contribution is 5.74. The van der Waals surface area contributed by atoms with Gasteiger partial charge in [-0.05, 0) is 25.5 Å². The Bertz CT molecular complexity index is 1110. The summed E-state index contributed by atoms with van der Waals surface area (Å²) in [5, 5.41) is 13.7. The van der Waals surface area contributed by atoms with Crippen molar-refractivity contribution in [3.05, 3.63) is 50.7 Å². The van der Waals surface area contributed by atoms with Crippen LogP contribution in [0.15, 0.2) is 33.9 Å². The summed E-state index contributed by atoms with van der Waals surface area (Å²) in [6.45, 7) is 4.80. The van der Waals surface area contributed by atoms with Crippen LogP contribution in [-0.2, 0) is 20.6 Å². The first kappa shape index (κ1) is 20.7. The molecule has 0 aliphatic heterocycles. The Kier molecular flexibility index (Phi) is 6.07. The van der Waals surface area contributed by atoms with Crippen LogP contribution in [0, 0.1) is 6.92 Å². The smallest absolute Gasteiger partial charge is 0.332 e. The molecule has 2 aromatic heterocycles. The molecule has 0 radical (unpaired) electrons. The largest absolute Gasteiger partial charge is 0.491 e. The van der Waals surface area contributed by atoms with Gasteiger partial charge in [0.15, 0.2) is 11.2 Å². The number of hydrogen-bond donors (Lipinski definition) is 2. The summed E-state index contributed by atoms with van der Waals surface area (Å²) in [6, 6.07) is 7.55. The molecule has 0 aliphatic carbocycles. The highest BCUT2D eigenvalue weighted by Crippen LogP contribution is 2.17. The van der Waals surface area contributed by atoms with E-state index in [4.69, 9.17) is 4.74 Å². The van der Waals surface area contributed by atoms with Crippen molar-refractivity contribution < 1.29 is 9.84 Å². The lowest BCUT2D eigenvalue weighted by molar-refractivity contribution is 0.0938. The highest BCUT2D eigenvalue weighted by Gasteiger charge is 2.21. The lowest BCUT2D eigenvalue weighted by atomic mass is 10.2. The van der Waals surface area contributed by atoms with Gasteiger partial charge >= 0.3 is 5.69 Å². The van der Waals surface area contributed by atoms with Crippen molar-refractivity contribution in [1.82, 2.24) is 18.7 Å². The maximum absolute atomic E-state index is 12.8. The summed E-state index contributed by atoms with van der Waals surface area (Å²) in [4.78, 5) is 29.4. The van der Waals surface area contributed by atoms with E-state index in [0.717, 1.165) is 16.6 Å². The molecule has 0 unspecified atom stereocenters. The third-order valence-corrected chi connectivity index (χ3v) is 4.74. The number of imidazole rings is 1. The van der Waals surface area contributed by atoms with Gasteiger partial charge in [-0.25, -0.2) is 4.79 Å². The summed E-state index contributed by atoms with van der Waals surface area (Å²) in [5.41, 5.74) is 0.770. The van der Waals surface area contributed by atoms with Crippen molar-refractivity contribution in [2.45, 2.75) is 32.9 Å². The summed E-state index contributed by atoms with van der Waals surface area (Å²) >= 11 is 0. The standard InChI is InChI=1S/C20H27N5O4/c1-5-10-21-19-22-17-16(18(27)24(4)20(28)23(17)3)25(19)11-14(26)12-29-15-8-6-13(2)7-9-15/h6-9,14,26H,5,10-12H2,1-4H3,(H,21,22)/t14-/m1/s1. The molecule has 0 spiro atoms. The first-order valence-electron chi connectivity index (χ1n) is 9.61. The second-order valence-corrected chi connectivity index (χ2v) is 7.13. The molecule has 3 rings (SSSR count). The van der Waals surface area contributed by atoms with Gasteiger partial charge in [0.1, 0.15) is 18.5 Å². The molecule has 2 heterocycles. The van der Waals surface area contributed by atoms with Gasteiger partial charge < -0.3 is 19.7 Å². The predicted molar refractivity (Wildman–Crippen MR) is 112 cm³/mol. The molecule has 156 valence electrons. The summed E-state index contributed by atoms with van der Waals surface area (Å²) in [5.74, 6) is 1.10. The third kappa shape index (κ3) is 4.19. The topological polar surface area (TPSA) is 103 Å². The van der Waals surface area contributed by atoms with Gasteiger partial charge in [0, 0.05) is 20.6 Å². The number of nitrogens with zero attached hydrogens (tertiary/aromatic N) is 4. The molecule has 0 bridgehead atoms. The second kappa shape index (κ2) is 8.52. The Morgan fingerprint density at radius 2 is 1.86 bits per heavy atom. The minimum atomic E-state index is -0.877. The molecule has 1 aromatic carbocycles. The van der Waals surface area contributed by atoms with Crippen molar-refractivity contribution in [2.75, 3.05) is 18.5 Å². The van der Waals surface area contributed by atoms with E-state index in [0.29, 0.717) is 18.2 Å². The molecule has 2 N–H and O–H groups in total. The number of aromatic nitrogens is 4. The molecular weight excluding hydrogens is 374 g/mol. The van der Waals surface area contributed by atoms with Crippen LogP contribution in [-0.4, -0.2) is 43.0 Å². The Morgan fingerprint density at radius 3 is 2.52 bits per heavy atom. The molecule has 29 heavy (non-hydrogen) atoms. The monoisotopic (exact) mass is 401 g/mol. The van der Waals surface area contributed by atoms with Crippen LogP contribution >= 0.6 is 0 Å². The number of nitrogens with one attached hydrogen (secondary N) is 1. The number of rotatable bonds is 8. The number of aliphatic hydroxyl groups is 1. The average Bonchev–Trinajstić information content (AvgIpc) is 3.07. The zero-order valence-corrected chi connectivity index (χ0v) is 17.2. The Labute approximate surface area is 168 Å². The molecular formula is C20H27N5O4. The summed E-state index contributed by atoms with van der Waals surface area (Å²) in [7, 11) is 3.00. The van der Waals surface area contributed by atoms with E-state index >= 15 is 0 Å². The van der Waals surface area contributed by atoms with Gasteiger partial charge in [0.2, 0.25) is 5.95 Å². The Morgan fingerprint density at radius 1 is 1.17 bits per heavy atom. The van der Waals surface area contributed by atoms with Crippen molar-refractivity contribution in [1.29, 1.82) is 0 Å². The van der Waals surface area contributed by atoms with Crippen molar-refractivity contribution >= 4 is 17.1 Å². The molecule has 0 saturated carbocycles. The van der Waals surface area contributed by atoms with Gasteiger partial charge in [-0.2, -0.15) is 4.98 Å². The minimum absolute atomic E-state index is 0.0576. The molecule has 0 amide bonds. The number of anilines is 1. The van der Waals surface area contributed by atoms with E-state index < -0.39 is 17.4 Å². The molecule has 3 aromatic rings. The lowest BCUT2D eigenvalue weighted by Gasteiger charge is -2.16. The maximum atomic E-state index is 12.8. The maximum Gasteiger partial charge on any atom is 0.332 e. The molecule has 9 nitrogen and oxygen atoms in total. The van der Waals surface area contributed by atoms with E-state index in [-0.39, 0.29) is 24.3 Å². The number of fused-ring (bicyclic) bond motifs is 1. The number of aryl methyl sites for hydroxylation is 2. The minimum Gasteiger partial charge on any atom is -0.491 e. The zero-order chi connectivity index (χ0) is 21.1. The van der Waals surface area contributed by atoms with Crippen LogP contribution in [0.3, 0.4) is 0 Å². The van der Waals surface area contributed by atoms with Crippen LogP contribution in [0.2, 0.25) is 0 Å². The molecule has 0 fully saturated rings. The van der Waals surface area contributed by atoms with Crippen LogP contribution in [0.5, 0.6) is 5.75 Å². The van der Waals surface area contributed by atoms with Gasteiger partial charge in [0.25, 0.3) is 5.56 Å². The number of benzene rings is 1. The highest BCUT2D eigenvalue weighted by atomic mass is 16.5. The Hall–Kier alpha value is -3.07. The number of ether oxygens (including phenoxy) is 1. The van der Waals surface area contributed by atoms with Crippen molar-refractivity contribution in [3.63, 3.8) is 0 Å². The van der Waals surface area contributed by atoms with Crippen LogP contribution < -0.4 is 21.3 Å². The predicted octanol–water partition coefficient (Wildman–Crippen LogP) is 1.00. The zero-order valence-electron chi connectivity index (χ0n) is 17.2. The SMILES string of the molecule is CCCNc1nc2c(c(=O)n(C)c(=O)n2C)n1C[C@@H](O)COc1ccc(C)cc1. The van der Waals surface area contributed by atoms with Gasteiger partial charge in [-0.3, -0.25) is 13.9 Å². The fourth-order valence-electron chi connectivity index (χ4n) is 3.09. The number of aliphatic hydroxyl groups excluding tert-OH is 1. The third-order valence-electron chi connectivity index (χ3n) is 4.74. The lowest BCUT2D eigenvalue weighted by Crippen LogP contribution is -2.38.